The predicted octanol–water partition coefficient (Wildman–Crippen LogP) is 5.99. The summed E-state index contributed by atoms with van der Waals surface area (Å²) in [4.78, 5) is 4.74. The number of pyridine rings is 1. The zero-order valence-corrected chi connectivity index (χ0v) is 18.1. The summed E-state index contributed by atoms with van der Waals surface area (Å²) in [6.45, 7) is 0. The minimum absolute atomic E-state index is 0.163. The molecule has 4 nitrogen and oxygen atoms in total. The van der Waals surface area contributed by atoms with E-state index in [-0.39, 0.29) is 5.82 Å². The van der Waals surface area contributed by atoms with Gasteiger partial charge in [-0.3, -0.25) is 4.21 Å². The number of anilines is 1. The van der Waals surface area contributed by atoms with Gasteiger partial charge in [0, 0.05) is 34.6 Å². The van der Waals surface area contributed by atoms with Crippen LogP contribution in [0.4, 0.5) is 27.8 Å². The highest BCUT2D eigenvalue weighted by atomic mass is 32.2. The van der Waals surface area contributed by atoms with E-state index in [1.165, 1.54) is 12.3 Å². The summed E-state index contributed by atoms with van der Waals surface area (Å²) in [5, 5.41) is 4.78. The van der Waals surface area contributed by atoms with E-state index in [2.05, 4.69) is 10.1 Å². The molecule has 1 aliphatic rings. The molecule has 2 unspecified atom stereocenters. The van der Waals surface area contributed by atoms with Crippen LogP contribution in [0.2, 0.25) is 0 Å². The summed E-state index contributed by atoms with van der Waals surface area (Å²) in [6, 6.07) is 17.7. The third kappa shape index (κ3) is 4.52. The smallest absolute Gasteiger partial charge is 0.255 e. The van der Waals surface area contributed by atoms with Crippen molar-refractivity contribution in [3.8, 4) is 11.1 Å². The van der Waals surface area contributed by atoms with Crippen molar-refractivity contribution in [1.82, 2.24) is 4.98 Å². The van der Waals surface area contributed by atoms with Crippen molar-refractivity contribution >= 4 is 22.3 Å². The Kier molecular flexibility index (Phi) is 6.04. The molecule has 3 aromatic rings. The van der Waals surface area contributed by atoms with Crippen LogP contribution in [0.1, 0.15) is 18.0 Å². The van der Waals surface area contributed by atoms with Crippen LogP contribution in [0.15, 0.2) is 82.9 Å². The number of alkyl halides is 5. The molecule has 0 radical (unpaired) electrons. The normalized spacial score (nSPS) is 17.7. The van der Waals surface area contributed by atoms with E-state index in [0.717, 1.165) is 16.1 Å². The first-order valence-electron chi connectivity index (χ1n) is 9.84. The van der Waals surface area contributed by atoms with Crippen LogP contribution in [0.25, 0.3) is 11.1 Å². The SMILES string of the molecule is CS(=O)c1ccc(-c2cccc(C3CC(C(F)(F)C(F)(F)F)=NN3c3ccccn3)c2)cc1. The fourth-order valence-corrected chi connectivity index (χ4v) is 4.11. The lowest BCUT2D eigenvalue weighted by atomic mass is 9.95. The van der Waals surface area contributed by atoms with Crippen LogP contribution in [-0.2, 0) is 10.8 Å². The lowest BCUT2D eigenvalue weighted by molar-refractivity contribution is -0.249. The molecule has 2 atom stereocenters. The molecule has 0 saturated carbocycles. The summed E-state index contributed by atoms with van der Waals surface area (Å²) in [5.74, 6) is -4.89. The summed E-state index contributed by atoms with van der Waals surface area (Å²) in [6.07, 6.45) is -3.38. The lowest BCUT2D eigenvalue weighted by Crippen LogP contribution is -2.43. The van der Waals surface area contributed by atoms with Crippen molar-refractivity contribution in [3.05, 3.63) is 78.5 Å². The molecule has 0 spiro atoms. The molecule has 0 aliphatic carbocycles. The second kappa shape index (κ2) is 8.66. The Labute approximate surface area is 189 Å². The van der Waals surface area contributed by atoms with E-state index in [4.69, 9.17) is 0 Å². The van der Waals surface area contributed by atoms with Crippen molar-refractivity contribution in [2.75, 3.05) is 11.3 Å². The average Bonchev–Trinajstić information content (AvgIpc) is 3.25. The summed E-state index contributed by atoms with van der Waals surface area (Å²) >= 11 is 0. The minimum atomic E-state index is -5.75. The number of nitrogens with zero attached hydrogens (tertiary/aromatic N) is 3. The van der Waals surface area contributed by atoms with Crippen molar-refractivity contribution < 1.29 is 26.2 Å². The van der Waals surface area contributed by atoms with Crippen LogP contribution < -0.4 is 5.01 Å². The topological polar surface area (TPSA) is 45.6 Å². The third-order valence-electron chi connectivity index (χ3n) is 5.30. The molecule has 0 N–H and O–H groups in total. The molecule has 0 bridgehead atoms. The number of hydrazone groups is 1. The summed E-state index contributed by atoms with van der Waals surface area (Å²) in [5.41, 5.74) is 0.775. The van der Waals surface area contributed by atoms with Crippen molar-refractivity contribution in [2.45, 2.75) is 29.5 Å². The van der Waals surface area contributed by atoms with Gasteiger partial charge in [0.15, 0.2) is 0 Å². The first kappa shape index (κ1) is 23.0. The Morgan fingerprint density at radius 2 is 1.67 bits per heavy atom. The molecule has 1 aliphatic heterocycles. The molecule has 0 amide bonds. The number of hydrogen-bond donors (Lipinski definition) is 0. The van der Waals surface area contributed by atoms with E-state index in [0.29, 0.717) is 10.5 Å². The maximum Gasteiger partial charge on any atom is 0.459 e. The maximum absolute atomic E-state index is 14.1. The molecule has 2 aromatic carbocycles. The third-order valence-corrected chi connectivity index (χ3v) is 6.24. The Hall–Kier alpha value is -3.14. The fraction of sp³-hybridized carbons (Fsp3) is 0.217. The van der Waals surface area contributed by atoms with Gasteiger partial charge in [-0.2, -0.15) is 27.1 Å². The number of benzene rings is 2. The van der Waals surface area contributed by atoms with E-state index in [9.17, 15) is 26.2 Å². The molecule has 4 rings (SSSR count). The molecule has 172 valence electrons. The van der Waals surface area contributed by atoms with Gasteiger partial charge in [0.05, 0.1) is 6.04 Å². The highest BCUT2D eigenvalue weighted by Gasteiger charge is 2.62. The van der Waals surface area contributed by atoms with Crippen LogP contribution in [0.5, 0.6) is 0 Å². The zero-order chi connectivity index (χ0) is 23.8. The van der Waals surface area contributed by atoms with Crippen LogP contribution in [0.3, 0.4) is 0 Å². The number of aromatic nitrogens is 1. The number of hydrogen-bond acceptors (Lipinski definition) is 4. The van der Waals surface area contributed by atoms with Gasteiger partial charge in [0.25, 0.3) is 0 Å². The second-order valence-electron chi connectivity index (χ2n) is 7.48. The molecular weight excluding hydrogens is 461 g/mol. The summed E-state index contributed by atoms with van der Waals surface area (Å²) in [7, 11) is -1.14. The Morgan fingerprint density at radius 3 is 2.27 bits per heavy atom. The molecule has 2 heterocycles. The highest BCUT2D eigenvalue weighted by molar-refractivity contribution is 7.84. The van der Waals surface area contributed by atoms with Gasteiger partial charge < -0.3 is 0 Å². The average molecular weight is 479 g/mol. The van der Waals surface area contributed by atoms with Gasteiger partial charge >= 0.3 is 12.1 Å². The van der Waals surface area contributed by atoms with Gasteiger partial charge in [-0.15, -0.1) is 0 Å². The minimum Gasteiger partial charge on any atom is -0.255 e. The Balaban J connectivity index is 1.73. The van der Waals surface area contributed by atoms with Gasteiger partial charge in [0.2, 0.25) is 0 Å². The van der Waals surface area contributed by atoms with E-state index in [1.54, 1.807) is 66.9 Å². The van der Waals surface area contributed by atoms with Gasteiger partial charge in [0.1, 0.15) is 11.5 Å². The number of halogens is 5. The monoisotopic (exact) mass is 479 g/mol. The molecule has 0 saturated heterocycles. The maximum atomic E-state index is 14.1. The Morgan fingerprint density at radius 1 is 0.939 bits per heavy atom. The fourth-order valence-electron chi connectivity index (χ4n) is 3.59. The zero-order valence-electron chi connectivity index (χ0n) is 17.3. The predicted molar refractivity (Wildman–Crippen MR) is 117 cm³/mol. The lowest BCUT2D eigenvalue weighted by Gasteiger charge is -2.23. The number of rotatable bonds is 5. The molecule has 10 heteroatoms. The van der Waals surface area contributed by atoms with Crippen molar-refractivity contribution in [2.24, 2.45) is 5.10 Å². The molecular formula is C23H18F5N3OS. The first-order valence-corrected chi connectivity index (χ1v) is 11.4. The van der Waals surface area contributed by atoms with Crippen LogP contribution in [-0.4, -0.2) is 33.3 Å². The summed E-state index contributed by atoms with van der Waals surface area (Å²) < 4.78 is 79.0. The van der Waals surface area contributed by atoms with E-state index >= 15 is 0 Å². The second-order valence-corrected chi connectivity index (χ2v) is 8.85. The van der Waals surface area contributed by atoms with Gasteiger partial charge in [-0.05, 0) is 47.0 Å². The Bertz CT molecular complexity index is 1200. The molecule has 1 aromatic heterocycles. The van der Waals surface area contributed by atoms with E-state index < -0.39 is 41.1 Å². The van der Waals surface area contributed by atoms with Gasteiger partial charge in [-0.1, -0.05) is 36.4 Å². The standard InChI is InChI=1S/C23H18F5N3OS/c1-33(32)18-10-8-15(9-11-18)16-5-4-6-17(13-16)19-14-20(22(24,25)23(26,27)28)30-31(19)21-7-2-3-12-29-21/h2-13,19H,14H2,1H3. The van der Waals surface area contributed by atoms with E-state index in [1.807, 2.05) is 0 Å². The van der Waals surface area contributed by atoms with Crippen LogP contribution >= 0.6 is 0 Å². The van der Waals surface area contributed by atoms with Crippen molar-refractivity contribution in [1.29, 1.82) is 0 Å². The van der Waals surface area contributed by atoms with Gasteiger partial charge in [-0.25, -0.2) is 9.99 Å². The van der Waals surface area contributed by atoms with Crippen LogP contribution in [0, 0.1) is 0 Å². The van der Waals surface area contributed by atoms with Crippen molar-refractivity contribution in [3.63, 3.8) is 0 Å². The first-order chi connectivity index (χ1) is 15.6. The molecule has 33 heavy (non-hydrogen) atoms. The largest absolute Gasteiger partial charge is 0.459 e. The highest BCUT2D eigenvalue weighted by Crippen LogP contribution is 2.44. The quantitative estimate of drug-likeness (QED) is 0.422. The molecule has 0 fully saturated rings.